The number of rotatable bonds is 9. The number of carbonyl (C=O) groups excluding carboxylic acids is 3. The van der Waals surface area contributed by atoms with Crippen molar-refractivity contribution in [3.63, 3.8) is 0 Å². The second-order valence-corrected chi connectivity index (χ2v) is 7.98. The molecular weight excluding hydrogens is 426 g/mol. The summed E-state index contributed by atoms with van der Waals surface area (Å²) in [6, 6.07) is 10.2. The molecule has 0 saturated carbocycles. The summed E-state index contributed by atoms with van der Waals surface area (Å²) < 4.78 is 15.8. The van der Waals surface area contributed by atoms with E-state index >= 15 is 0 Å². The Morgan fingerprint density at radius 2 is 1.67 bits per heavy atom. The lowest BCUT2D eigenvalue weighted by molar-refractivity contribution is -0.126. The van der Waals surface area contributed by atoms with Crippen molar-refractivity contribution < 1.29 is 28.6 Å². The maximum atomic E-state index is 12.9. The summed E-state index contributed by atoms with van der Waals surface area (Å²) in [5, 5.41) is 5.58. The number of imide groups is 1. The minimum absolute atomic E-state index is 0.0664. The quantitative estimate of drug-likeness (QED) is 0.563. The molecule has 0 unspecified atom stereocenters. The van der Waals surface area contributed by atoms with Crippen LogP contribution in [0.1, 0.15) is 31.9 Å². The smallest absolute Gasteiger partial charge is 0.329 e. The Balaban J connectivity index is 1.71. The molecule has 1 aliphatic rings. The van der Waals surface area contributed by atoms with Crippen LogP contribution in [0.25, 0.3) is 0 Å². The van der Waals surface area contributed by atoms with E-state index in [4.69, 9.17) is 14.2 Å². The second-order valence-electron chi connectivity index (χ2n) is 7.98. The van der Waals surface area contributed by atoms with Gasteiger partial charge in [-0.2, -0.15) is 0 Å². The van der Waals surface area contributed by atoms with Crippen LogP contribution in [0, 0.1) is 5.92 Å². The number of carbonyl (C=O) groups is 3. The lowest BCUT2D eigenvalue weighted by Gasteiger charge is -2.24. The number of hydrogen-bond donors (Lipinski definition) is 2. The zero-order valence-electron chi connectivity index (χ0n) is 19.4. The Bertz CT molecular complexity index is 1020. The fraction of sp³-hybridized carbons (Fsp3) is 0.375. The number of benzene rings is 2. The van der Waals surface area contributed by atoms with Crippen LogP contribution < -0.4 is 29.7 Å². The van der Waals surface area contributed by atoms with Crippen LogP contribution >= 0.6 is 0 Å². The summed E-state index contributed by atoms with van der Waals surface area (Å²) in [7, 11) is 4.64. The Labute approximate surface area is 193 Å². The van der Waals surface area contributed by atoms with Gasteiger partial charge in [0.15, 0.2) is 11.5 Å². The van der Waals surface area contributed by atoms with Crippen molar-refractivity contribution in [3.05, 3.63) is 48.0 Å². The third-order valence-electron chi connectivity index (χ3n) is 5.49. The first-order chi connectivity index (χ1) is 15.8. The zero-order valence-corrected chi connectivity index (χ0v) is 19.4. The monoisotopic (exact) mass is 455 g/mol. The van der Waals surface area contributed by atoms with E-state index in [0.717, 1.165) is 10.5 Å². The molecular formula is C24H29N3O6. The number of methoxy groups -OCH3 is 3. The maximum Gasteiger partial charge on any atom is 0.329 e. The molecule has 1 fully saturated rings. The molecule has 3 rings (SSSR count). The van der Waals surface area contributed by atoms with E-state index < -0.39 is 18.0 Å². The van der Waals surface area contributed by atoms with Gasteiger partial charge >= 0.3 is 6.03 Å². The number of urea groups is 1. The van der Waals surface area contributed by atoms with E-state index in [2.05, 4.69) is 10.6 Å². The Morgan fingerprint density at radius 1 is 1.00 bits per heavy atom. The fourth-order valence-corrected chi connectivity index (χ4v) is 3.74. The van der Waals surface area contributed by atoms with Gasteiger partial charge in [0.25, 0.3) is 5.91 Å². The normalized spacial score (nSPS) is 16.4. The Morgan fingerprint density at radius 3 is 2.24 bits per heavy atom. The summed E-state index contributed by atoms with van der Waals surface area (Å²) in [6.45, 7) is 3.96. The molecule has 0 bridgehead atoms. The molecule has 176 valence electrons. The van der Waals surface area contributed by atoms with E-state index in [9.17, 15) is 14.4 Å². The van der Waals surface area contributed by atoms with Gasteiger partial charge in [0.05, 0.1) is 39.5 Å². The van der Waals surface area contributed by atoms with Gasteiger partial charge in [0.2, 0.25) is 5.91 Å². The highest BCUT2D eigenvalue weighted by Crippen LogP contribution is 2.32. The minimum Gasteiger partial charge on any atom is -0.497 e. The van der Waals surface area contributed by atoms with E-state index in [1.807, 2.05) is 26.0 Å². The number of amides is 4. The third-order valence-corrected chi connectivity index (χ3v) is 5.49. The van der Waals surface area contributed by atoms with Gasteiger partial charge in [-0.1, -0.05) is 19.9 Å². The van der Waals surface area contributed by atoms with E-state index in [0.29, 0.717) is 22.9 Å². The van der Waals surface area contributed by atoms with Crippen LogP contribution in [-0.4, -0.2) is 45.2 Å². The number of hydrogen-bond acceptors (Lipinski definition) is 6. The molecule has 1 aliphatic heterocycles. The van der Waals surface area contributed by atoms with Crippen LogP contribution in [0.2, 0.25) is 0 Å². The lowest BCUT2D eigenvalue weighted by atomic mass is 9.95. The molecule has 4 amide bonds. The fourth-order valence-electron chi connectivity index (χ4n) is 3.74. The van der Waals surface area contributed by atoms with Crippen molar-refractivity contribution in [1.82, 2.24) is 10.6 Å². The van der Waals surface area contributed by atoms with Crippen molar-refractivity contribution in [2.24, 2.45) is 5.92 Å². The van der Waals surface area contributed by atoms with Gasteiger partial charge in [-0.05, 0) is 47.9 Å². The van der Waals surface area contributed by atoms with Crippen molar-refractivity contribution in [3.8, 4) is 17.2 Å². The first-order valence-electron chi connectivity index (χ1n) is 10.6. The van der Waals surface area contributed by atoms with Gasteiger partial charge in [-0.15, -0.1) is 0 Å². The van der Waals surface area contributed by atoms with Gasteiger partial charge in [0, 0.05) is 0 Å². The molecule has 0 aliphatic carbocycles. The maximum absolute atomic E-state index is 12.9. The SMILES string of the molecule is COc1ccc(N2C(=O)N[C@@H](CC(=O)N[C@H](c3ccc(OC)c(OC)c3)C(C)C)C2=O)cc1. The molecule has 2 N–H and O–H groups in total. The number of nitrogens with zero attached hydrogens (tertiary/aromatic N) is 1. The van der Waals surface area contributed by atoms with E-state index in [1.165, 1.54) is 7.11 Å². The van der Waals surface area contributed by atoms with Gasteiger partial charge in [-0.3, -0.25) is 9.59 Å². The molecule has 1 saturated heterocycles. The minimum atomic E-state index is -0.946. The molecule has 33 heavy (non-hydrogen) atoms. The Hall–Kier alpha value is -3.75. The molecule has 2 aromatic carbocycles. The first kappa shape index (κ1) is 23.9. The van der Waals surface area contributed by atoms with Crippen molar-refractivity contribution in [2.75, 3.05) is 26.2 Å². The van der Waals surface area contributed by atoms with Crippen LogP contribution in [0.4, 0.5) is 10.5 Å². The molecule has 9 heteroatoms. The predicted molar refractivity (Wildman–Crippen MR) is 123 cm³/mol. The molecule has 1 heterocycles. The largest absolute Gasteiger partial charge is 0.497 e. The average Bonchev–Trinajstić information content (AvgIpc) is 3.09. The molecule has 0 spiro atoms. The third kappa shape index (κ3) is 5.19. The summed E-state index contributed by atoms with van der Waals surface area (Å²) in [5.74, 6) is 0.996. The van der Waals surface area contributed by atoms with Crippen LogP contribution in [-0.2, 0) is 9.59 Å². The average molecular weight is 456 g/mol. The highest BCUT2D eigenvalue weighted by atomic mass is 16.5. The summed E-state index contributed by atoms with van der Waals surface area (Å²) in [4.78, 5) is 39.1. The van der Waals surface area contributed by atoms with Gasteiger partial charge in [-0.25, -0.2) is 9.69 Å². The molecule has 2 atom stereocenters. The van der Waals surface area contributed by atoms with Crippen molar-refractivity contribution in [1.29, 1.82) is 0 Å². The summed E-state index contributed by atoms with van der Waals surface area (Å²) in [5.41, 5.74) is 1.25. The molecule has 9 nitrogen and oxygen atoms in total. The van der Waals surface area contributed by atoms with Crippen molar-refractivity contribution in [2.45, 2.75) is 32.4 Å². The van der Waals surface area contributed by atoms with E-state index in [1.54, 1.807) is 44.6 Å². The second kappa shape index (κ2) is 10.2. The van der Waals surface area contributed by atoms with Crippen molar-refractivity contribution >= 4 is 23.5 Å². The summed E-state index contributed by atoms with van der Waals surface area (Å²) in [6.07, 6.45) is -0.173. The van der Waals surface area contributed by atoms with Gasteiger partial charge in [0.1, 0.15) is 11.8 Å². The highest BCUT2D eigenvalue weighted by molar-refractivity contribution is 6.22. The molecule has 2 aromatic rings. The summed E-state index contributed by atoms with van der Waals surface area (Å²) >= 11 is 0. The zero-order chi connectivity index (χ0) is 24.1. The van der Waals surface area contributed by atoms with Crippen LogP contribution in [0.5, 0.6) is 17.2 Å². The number of nitrogens with one attached hydrogen (secondary N) is 2. The van der Waals surface area contributed by atoms with Crippen LogP contribution in [0.15, 0.2) is 42.5 Å². The number of anilines is 1. The van der Waals surface area contributed by atoms with Gasteiger partial charge < -0.3 is 24.8 Å². The molecule has 0 aromatic heterocycles. The first-order valence-corrected chi connectivity index (χ1v) is 10.6. The lowest BCUT2D eigenvalue weighted by Crippen LogP contribution is -2.39. The standard InChI is InChI=1S/C24H29N3O6/c1-14(2)22(15-6-11-19(32-4)20(12-15)33-5)26-21(28)13-18-23(29)27(24(30)25-18)16-7-9-17(31-3)10-8-16/h6-12,14,18,22H,13H2,1-5H3,(H,25,30)(H,26,28)/t18-,22-/m0/s1. The Kier molecular flexibility index (Phi) is 7.42. The molecule has 0 radical (unpaired) electrons. The van der Waals surface area contributed by atoms with Crippen LogP contribution in [0.3, 0.4) is 0 Å². The highest BCUT2D eigenvalue weighted by Gasteiger charge is 2.40. The predicted octanol–water partition coefficient (Wildman–Crippen LogP) is 3.04. The van der Waals surface area contributed by atoms with E-state index in [-0.39, 0.29) is 24.3 Å². The topological polar surface area (TPSA) is 106 Å². The number of ether oxygens (including phenoxy) is 3.